The van der Waals surface area contributed by atoms with Gasteiger partial charge in [0.15, 0.2) is 0 Å². The van der Waals surface area contributed by atoms with Crippen LogP contribution in [0.4, 0.5) is 0 Å². The molecule has 1 aromatic rings. The maximum atomic E-state index is 5.30. The number of nitrogens with one attached hydrogen (secondary N) is 1. The molecule has 0 aliphatic heterocycles. The lowest BCUT2D eigenvalue weighted by atomic mass is 9.81. The lowest BCUT2D eigenvalue weighted by Crippen LogP contribution is -2.33. The van der Waals surface area contributed by atoms with Crippen molar-refractivity contribution >= 4 is 0 Å². The minimum absolute atomic E-state index is 0.697. The Hall–Kier alpha value is -1.02. The van der Waals surface area contributed by atoms with Gasteiger partial charge < -0.3 is 10.1 Å². The van der Waals surface area contributed by atoms with Gasteiger partial charge in [-0.15, -0.1) is 0 Å². The maximum absolute atomic E-state index is 5.30. The van der Waals surface area contributed by atoms with Gasteiger partial charge in [-0.3, -0.25) is 0 Å². The van der Waals surface area contributed by atoms with E-state index in [-0.39, 0.29) is 0 Å². The van der Waals surface area contributed by atoms with Crippen LogP contribution in [-0.4, -0.2) is 19.7 Å². The molecule has 2 nitrogen and oxygen atoms in total. The molecule has 0 heterocycles. The molecule has 2 heteroatoms. The number of benzene rings is 1. The molecule has 0 spiro atoms. The normalized spacial score (nSPS) is 24.6. The first-order chi connectivity index (χ1) is 8.33. The Kier molecular flexibility index (Phi) is 4.43. The zero-order valence-electron chi connectivity index (χ0n) is 10.9. The van der Waals surface area contributed by atoms with Crippen LogP contribution in [0.2, 0.25) is 0 Å². The molecule has 0 saturated heterocycles. The van der Waals surface area contributed by atoms with Gasteiger partial charge in [-0.2, -0.15) is 0 Å². The molecule has 1 aromatic carbocycles. The highest BCUT2D eigenvalue weighted by Gasteiger charge is 2.22. The van der Waals surface area contributed by atoms with E-state index in [1.54, 1.807) is 7.11 Å². The van der Waals surface area contributed by atoms with Crippen LogP contribution < -0.4 is 10.1 Å². The van der Waals surface area contributed by atoms with Gasteiger partial charge >= 0.3 is 0 Å². The van der Waals surface area contributed by atoms with Gasteiger partial charge in [0, 0.05) is 6.04 Å². The second kappa shape index (κ2) is 6.06. The van der Waals surface area contributed by atoms with Crippen molar-refractivity contribution in [2.24, 2.45) is 0 Å². The Labute approximate surface area is 104 Å². The summed E-state index contributed by atoms with van der Waals surface area (Å²) >= 11 is 0. The molecule has 0 aromatic heterocycles. The third kappa shape index (κ3) is 3.22. The van der Waals surface area contributed by atoms with E-state index >= 15 is 0 Å². The van der Waals surface area contributed by atoms with Crippen molar-refractivity contribution in [3.63, 3.8) is 0 Å². The van der Waals surface area contributed by atoms with Gasteiger partial charge in [0.05, 0.1) is 7.11 Å². The fraction of sp³-hybridized carbons (Fsp3) is 0.600. The van der Waals surface area contributed by atoms with Crippen LogP contribution in [0.1, 0.15) is 44.1 Å². The summed E-state index contributed by atoms with van der Waals surface area (Å²) in [4.78, 5) is 0. The van der Waals surface area contributed by atoms with Crippen molar-refractivity contribution in [1.29, 1.82) is 0 Å². The summed E-state index contributed by atoms with van der Waals surface area (Å²) in [5, 5.41) is 3.58. The molecule has 1 aliphatic rings. The fourth-order valence-corrected chi connectivity index (χ4v) is 2.86. The molecule has 2 unspecified atom stereocenters. The van der Waals surface area contributed by atoms with Crippen LogP contribution in [0, 0.1) is 0 Å². The predicted octanol–water partition coefficient (Wildman–Crippen LogP) is 3.33. The standard InChI is InChI=1S/C15H23NO/c1-3-16-14-8-4-6-12(10-14)13-7-5-9-15(11-13)17-2/h5,7,9,11-12,14,16H,3-4,6,8,10H2,1-2H3. The average Bonchev–Trinajstić information content (AvgIpc) is 2.40. The van der Waals surface area contributed by atoms with Gasteiger partial charge in [0.2, 0.25) is 0 Å². The lowest BCUT2D eigenvalue weighted by molar-refractivity contribution is 0.343. The van der Waals surface area contributed by atoms with Crippen LogP contribution in [-0.2, 0) is 0 Å². The van der Waals surface area contributed by atoms with E-state index in [1.165, 1.54) is 31.2 Å². The van der Waals surface area contributed by atoms with E-state index < -0.39 is 0 Å². The average molecular weight is 233 g/mol. The van der Waals surface area contributed by atoms with E-state index in [2.05, 4.69) is 30.4 Å². The van der Waals surface area contributed by atoms with Crippen LogP contribution >= 0.6 is 0 Å². The largest absolute Gasteiger partial charge is 0.497 e. The number of hydrogen-bond acceptors (Lipinski definition) is 2. The second-order valence-electron chi connectivity index (χ2n) is 4.89. The monoisotopic (exact) mass is 233 g/mol. The van der Waals surface area contributed by atoms with Gasteiger partial charge in [-0.05, 0) is 49.4 Å². The fourth-order valence-electron chi connectivity index (χ4n) is 2.86. The molecule has 2 atom stereocenters. The van der Waals surface area contributed by atoms with Crippen molar-refractivity contribution in [1.82, 2.24) is 5.32 Å². The molecular weight excluding hydrogens is 210 g/mol. The topological polar surface area (TPSA) is 21.3 Å². The highest BCUT2D eigenvalue weighted by molar-refractivity contribution is 5.31. The summed E-state index contributed by atoms with van der Waals surface area (Å²) in [5.41, 5.74) is 1.44. The number of methoxy groups -OCH3 is 1. The van der Waals surface area contributed by atoms with Crippen molar-refractivity contribution in [2.45, 2.75) is 44.6 Å². The van der Waals surface area contributed by atoms with Crippen LogP contribution in [0.5, 0.6) is 5.75 Å². The molecular formula is C15H23NO. The van der Waals surface area contributed by atoms with E-state index in [9.17, 15) is 0 Å². The summed E-state index contributed by atoms with van der Waals surface area (Å²) in [5.74, 6) is 1.68. The van der Waals surface area contributed by atoms with Crippen molar-refractivity contribution in [2.75, 3.05) is 13.7 Å². The molecule has 0 bridgehead atoms. The van der Waals surface area contributed by atoms with E-state index in [4.69, 9.17) is 4.74 Å². The molecule has 1 N–H and O–H groups in total. The summed E-state index contributed by atoms with van der Waals surface area (Å²) in [7, 11) is 1.74. The summed E-state index contributed by atoms with van der Waals surface area (Å²) in [6.45, 7) is 3.27. The third-order valence-electron chi connectivity index (χ3n) is 3.73. The maximum Gasteiger partial charge on any atom is 0.119 e. The van der Waals surface area contributed by atoms with E-state index in [0.717, 1.165) is 12.3 Å². The Morgan fingerprint density at radius 1 is 1.35 bits per heavy atom. The quantitative estimate of drug-likeness (QED) is 0.861. The Morgan fingerprint density at radius 3 is 3.00 bits per heavy atom. The summed E-state index contributed by atoms with van der Waals surface area (Å²) < 4.78 is 5.30. The van der Waals surface area contributed by atoms with Crippen molar-refractivity contribution in [3.8, 4) is 5.75 Å². The van der Waals surface area contributed by atoms with Gasteiger partial charge in [-0.1, -0.05) is 25.5 Å². The Bertz CT molecular complexity index is 349. The first kappa shape index (κ1) is 12.4. The Morgan fingerprint density at radius 2 is 2.24 bits per heavy atom. The van der Waals surface area contributed by atoms with Gasteiger partial charge in [0.1, 0.15) is 5.75 Å². The van der Waals surface area contributed by atoms with Crippen LogP contribution in [0.15, 0.2) is 24.3 Å². The molecule has 1 fully saturated rings. The molecule has 1 aliphatic carbocycles. The zero-order chi connectivity index (χ0) is 12.1. The summed E-state index contributed by atoms with van der Waals surface area (Å²) in [6, 6.07) is 9.25. The lowest BCUT2D eigenvalue weighted by Gasteiger charge is -2.30. The zero-order valence-corrected chi connectivity index (χ0v) is 10.9. The molecule has 0 radical (unpaired) electrons. The number of hydrogen-bond donors (Lipinski definition) is 1. The number of rotatable bonds is 4. The minimum atomic E-state index is 0.697. The smallest absolute Gasteiger partial charge is 0.119 e. The minimum Gasteiger partial charge on any atom is -0.497 e. The first-order valence-electron chi connectivity index (χ1n) is 6.70. The molecule has 1 saturated carbocycles. The highest BCUT2D eigenvalue weighted by atomic mass is 16.5. The summed E-state index contributed by atoms with van der Waals surface area (Å²) in [6.07, 6.45) is 5.24. The van der Waals surface area contributed by atoms with Gasteiger partial charge in [0.25, 0.3) is 0 Å². The van der Waals surface area contributed by atoms with Crippen LogP contribution in [0.25, 0.3) is 0 Å². The van der Waals surface area contributed by atoms with E-state index in [1.807, 2.05) is 6.07 Å². The van der Waals surface area contributed by atoms with E-state index in [0.29, 0.717) is 12.0 Å². The predicted molar refractivity (Wildman–Crippen MR) is 71.7 cm³/mol. The van der Waals surface area contributed by atoms with Crippen molar-refractivity contribution < 1.29 is 4.74 Å². The third-order valence-corrected chi connectivity index (χ3v) is 3.73. The Balaban J connectivity index is 2.05. The van der Waals surface area contributed by atoms with Crippen LogP contribution in [0.3, 0.4) is 0 Å². The molecule has 2 rings (SSSR count). The highest BCUT2D eigenvalue weighted by Crippen LogP contribution is 2.34. The first-order valence-corrected chi connectivity index (χ1v) is 6.70. The van der Waals surface area contributed by atoms with Crippen molar-refractivity contribution in [3.05, 3.63) is 29.8 Å². The molecule has 0 amide bonds. The number of ether oxygens (including phenoxy) is 1. The second-order valence-corrected chi connectivity index (χ2v) is 4.89. The molecule has 17 heavy (non-hydrogen) atoms. The molecule has 94 valence electrons. The van der Waals surface area contributed by atoms with Gasteiger partial charge in [-0.25, -0.2) is 0 Å². The SMILES string of the molecule is CCNC1CCCC(c2cccc(OC)c2)C1.